The number of aromatic carboxylic acids is 1. The van der Waals surface area contributed by atoms with E-state index in [-0.39, 0.29) is 39.4 Å². The van der Waals surface area contributed by atoms with Gasteiger partial charge in [-0.3, -0.25) is 4.79 Å². The fourth-order valence-electron chi connectivity index (χ4n) is 13.8. The molecular formula is C42H62N2O5. The Labute approximate surface area is 294 Å². The van der Waals surface area contributed by atoms with Crippen LogP contribution in [0.2, 0.25) is 0 Å². The van der Waals surface area contributed by atoms with Crippen LogP contribution in [0.4, 0.5) is 0 Å². The molecule has 10 atom stereocenters. The molecule has 0 aliphatic heterocycles. The first-order valence-electron chi connectivity index (χ1n) is 19.1. The predicted molar refractivity (Wildman–Crippen MR) is 193 cm³/mol. The lowest BCUT2D eigenvalue weighted by Crippen LogP contribution is -2.67. The van der Waals surface area contributed by atoms with Crippen molar-refractivity contribution >= 4 is 17.8 Å². The average Bonchev–Trinajstić information content (AvgIpc) is 3.42. The molecule has 49 heavy (non-hydrogen) atoms. The molecular weight excluding hydrogens is 612 g/mol. The Hall–Kier alpha value is -2.67. The van der Waals surface area contributed by atoms with E-state index < -0.39 is 17.4 Å². The van der Waals surface area contributed by atoms with Gasteiger partial charge in [0.05, 0.1) is 11.0 Å². The summed E-state index contributed by atoms with van der Waals surface area (Å²) in [5.41, 5.74) is 2.61. The van der Waals surface area contributed by atoms with Crippen molar-refractivity contribution in [3.8, 4) is 0 Å². The van der Waals surface area contributed by atoms with Crippen molar-refractivity contribution in [2.24, 2.45) is 56.7 Å². The van der Waals surface area contributed by atoms with Gasteiger partial charge in [0.2, 0.25) is 5.91 Å². The Bertz CT molecular complexity index is 1500. The first-order valence-corrected chi connectivity index (χ1v) is 19.1. The van der Waals surface area contributed by atoms with E-state index in [9.17, 15) is 24.6 Å². The Morgan fingerprint density at radius 3 is 2.16 bits per heavy atom. The molecule has 3 N–H and O–H groups in total. The highest BCUT2D eigenvalue weighted by atomic mass is 16.4. The molecule has 5 aliphatic carbocycles. The van der Waals surface area contributed by atoms with Crippen LogP contribution in [0.1, 0.15) is 128 Å². The van der Waals surface area contributed by atoms with Gasteiger partial charge in [-0.05, 0) is 160 Å². The number of fused-ring (bicyclic) bond motifs is 7. The lowest BCUT2D eigenvalue weighted by atomic mass is 9.31. The van der Waals surface area contributed by atoms with Crippen LogP contribution < -0.4 is 5.32 Å². The minimum absolute atomic E-state index is 0.0712. The van der Waals surface area contributed by atoms with E-state index in [0.29, 0.717) is 35.8 Å². The number of hydrogen-bond acceptors (Lipinski definition) is 4. The van der Waals surface area contributed by atoms with Crippen LogP contribution in [0.3, 0.4) is 0 Å². The van der Waals surface area contributed by atoms with Crippen molar-refractivity contribution in [3.05, 3.63) is 47.0 Å². The molecule has 0 aromatic heterocycles. The molecule has 1 aromatic carbocycles. The smallest absolute Gasteiger partial charge is 0.335 e. The fourth-order valence-corrected chi connectivity index (χ4v) is 13.8. The molecule has 1 aromatic rings. The molecule has 5 fully saturated rings. The zero-order valence-electron chi connectivity index (χ0n) is 31.4. The first-order chi connectivity index (χ1) is 22.9. The predicted octanol–water partition coefficient (Wildman–Crippen LogP) is 8.26. The number of aliphatic carboxylic acids is 1. The topological polar surface area (TPSA) is 107 Å². The van der Waals surface area contributed by atoms with E-state index in [0.717, 1.165) is 50.6 Å². The number of carboxylic acid groups (broad SMARTS) is 2. The van der Waals surface area contributed by atoms with Crippen molar-refractivity contribution in [2.75, 3.05) is 27.2 Å². The molecule has 0 heterocycles. The second-order valence-corrected chi connectivity index (χ2v) is 18.6. The van der Waals surface area contributed by atoms with Crippen molar-refractivity contribution < 1.29 is 24.6 Å². The van der Waals surface area contributed by atoms with Crippen LogP contribution in [0.15, 0.2) is 35.9 Å². The minimum Gasteiger partial charge on any atom is -0.478 e. The Kier molecular flexibility index (Phi) is 9.24. The summed E-state index contributed by atoms with van der Waals surface area (Å²) in [6, 6.07) is 7.66. The van der Waals surface area contributed by atoms with Gasteiger partial charge in [0.15, 0.2) is 0 Å². The monoisotopic (exact) mass is 674 g/mol. The summed E-state index contributed by atoms with van der Waals surface area (Å²) < 4.78 is 0. The molecule has 0 bridgehead atoms. The zero-order valence-corrected chi connectivity index (χ0v) is 31.4. The number of nitrogens with zero attached hydrogens (tertiary/aromatic N) is 1. The van der Waals surface area contributed by atoms with Crippen LogP contribution in [-0.4, -0.2) is 60.1 Å². The molecule has 0 radical (unpaired) electrons. The van der Waals surface area contributed by atoms with Crippen molar-refractivity contribution in [2.45, 2.75) is 112 Å². The Balaban J connectivity index is 1.32. The second kappa shape index (κ2) is 12.5. The molecule has 5 saturated carbocycles. The third-order valence-electron chi connectivity index (χ3n) is 16.3. The van der Waals surface area contributed by atoms with E-state index >= 15 is 0 Å². The molecule has 1 amide bonds. The standard InChI is InChI=1S/C42H62N2O5/c1-26(25-34(45)46)29-15-20-42(37(49)43-23-24-44(7)8)22-21-40(5)31(35(29)42)13-14-33-39(4)18-16-30(27-9-11-28(12-10-27)36(47)48)38(2,3)32(39)17-19-41(33,40)6/h9-12,25,29-33,35H,13-24H2,1-8H3,(H,43,49)(H,45,46)(H,47,48)/b26-25+/t29-,30+,31+,32-,33+,35+,39-,40+,41+,42-/m0/s1. The highest BCUT2D eigenvalue weighted by Crippen LogP contribution is 2.78. The number of allylic oxidation sites excluding steroid dienone is 1. The summed E-state index contributed by atoms with van der Waals surface area (Å²) in [4.78, 5) is 39.9. The zero-order chi connectivity index (χ0) is 35.7. The summed E-state index contributed by atoms with van der Waals surface area (Å²) >= 11 is 0. The molecule has 6 rings (SSSR count). The number of amides is 1. The highest BCUT2D eigenvalue weighted by molar-refractivity contribution is 5.87. The minimum atomic E-state index is -0.887. The quantitative estimate of drug-likeness (QED) is 0.240. The third kappa shape index (κ3) is 5.51. The summed E-state index contributed by atoms with van der Waals surface area (Å²) in [6.07, 6.45) is 12.0. The summed E-state index contributed by atoms with van der Waals surface area (Å²) in [5.74, 6) is 0.652. The summed E-state index contributed by atoms with van der Waals surface area (Å²) in [5, 5.41) is 22.6. The van der Waals surface area contributed by atoms with Crippen LogP contribution in [0, 0.1) is 56.7 Å². The van der Waals surface area contributed by atoms with E-state index in [1.54, 1.807) is 12.1 Å². The number of carbonyl (C=O) groups is 3. The maximum absolute atomic E-state index is 14.3. The summed E-state index contributed by atoms with van der Waals surface area (Å²) in [6.45, 7) is 16.2. The van der Waals surface area contributed by atoms with Crippen LogP contribution in [0.5, 0.6) is 0 Å². The van der Waals surface area contributed by atoms with Gasteiger partial charge in [0.1, 0.15) is 0 Å². The summed E-state index contributed by atoms with van der Waals surface area (Å²) in [7, 11) is 4.07. The SMILES string of the molecule is C/C(=C\C(=O)O)[C@@H]1CC[C@]2(C(=O)NCCN(C)C)CC[C@]3(C)[C@H](CC[C@@H]4[C@@]5(C)CC[C@H](c6ccc(C(=O)O)cc6)C(C)(C)[C@@H]5CC[C@]43C)[C@@H]12. The Morgan fingerprint density at radius 2 is 1.53 bits per heavy atom. The fraction of sp³-hybridized carbons (Fsp3) is 0.738. The van der Waals surface area contributed by atoms with Crippen LogP contribution >= 0.6 is 0 Å². The van der Waals surface area contributed by atoms with Gasteiger partial charge in [-0.1, -0.05) is 52.3 Å². The number of hydrogen-bond donors (Lipinski definition) is 3. The third-order valence-corrected chi connectivity index (χ3v) is 16.3. The number of likely N-dealkylation sites (N-methyl/N-ethyl adjacent to an activating group) is 1. The molecule has 0 saturated heterocycles. The van der Waals surface area contributed by atoms with Gasteiger partial charge < -0.3 is 20.4 Å². The van der Waals surface area contributed by atoms with E-state index in [1.807, 2.05) is 21.0 Å². The van der Waals surface area contributed by atoms with Gasteiger partial charge in [-0.25, -0.2) is 9.59 Å². The molecule has 0 unspecified atom stereocenters. The van der Waals surface area contributed by atoms with Gasteiger partial charge in [-0.15, -0.1) is 0 Å². The molecule has 0 spiro atoms. The maximum Gasteiger partial charge on any atom is 0.335 e. The average molecular weight is 675 g/mol. The molecule has 7 nitrogen and oxygen atoms in total. The van der Waals surface area contributed by atoms with Crippen molar-refractivity contribution in [1.29, 1.82) is 0 Å². The molecule has 270 valence electrons. The van der Waals surface area contributed by atoms with Gasteiger partial charge in [0, 0.05) is 19.2 Å². The first kappa shape index (κ1) is 36.1. The van der Waals surface area contributed by atoms with E-state index in [1.165, 1.54) is 37.3 Å². The second-order valence-electron chi connectivity index (χ2n) is 18.6. The van der Waals surface area contributed by atoms with Gasteiger partial charge in [0.25, 0.3) is 0 Å². The maximum atomic E-state index is 14.3. The molecule has 5 aliphatic rings. The number of benzene rings is 1. The van der Waals surface area contributed by atoms with Crippen LogP contribution in [-0.2, 0) is 9.59 Å². The molecule has 7 heteroatoms. The number of carboxylic acids is 2. The van der Waals surface area contributed by atoms with Crippen LogP contribution in [0.25, 0.3) is 0 Å². The number of rotatable bonds is 8. The highest BCUT2D eigenvalue weighted by Gasteiger charge is 2.72. The number of nitrogens with one attached hydrogen (secondary N) is 1. The Morgan fingerprint density at radius 1 is 0.837 bits per heavy atom. The van der Waals surface area contributed by atoms with Crippen molar-refractivity contribution in [3.63, 3.8) is 0 Å². The van der Waals surface area contributed by atoms with E-state index in [2.05, 4.69) is 57.0 Å². The lowest BCUT2D eigenvalue weighted by molar-refractivity contribution is -0.237. The number of carbonyl (C=O) groups excluding carboxylic acids is 1. The normalized spacial score (nSPS) is 41.2. The largest absolute Gasteiger partial charge is 0.478 e. The van der Waals surface area contributed by atoms with Gasteiger partial charge >= 0.3 is 11.9 Å². The van der Waals surface area contributed by atoms with Crippen molar-refractivity contribution in [1.82, 2.24) is 10.2 Å². The van der Waals surface area contributed by atoms with Gasteiger partial charge in [-0.2, -0.15) is 0 Å². The van der Waals surface area contributed by atoms with E-state index in [4.69, 9.17) is 0 Å². The lowest BCUT2D eigenvalue weighted by Gasteiger charge is -2.73.